The molecule has 7 nitrogen and oxygen atoms in total. The van der Waals surface area contributed by atoms with E-state index in [0.29, 0.717) is 19.0 Å². The third-order valence-corrected chi connectivity index (χ3v) is 5.10. The highest BCUT2D eigenvalue weighted by molar-refractivity contribution is 7.16. The Bertz CT molecular complexity index is 784. The summed E-state index contributed by atoms with van der Waals surface area (Å²) < 4.78 is 7.26. The Kier molecular flexibility index (Phi) is 2.78. The summed E-state index contributed by atoms with van der Waals surface area (Å²) >= 11 is 1.51. The maximum atomic E-state index is 6.17. The van der Waals surface area contributed by atoms with Crippen LogP contribution in [0.4, 0.5) is 0 Å². The highest BCUT2D eigenvalue weighted by Crippen LogP contribution is 2.35. The van der Waals surface area contributed by atoms with Crippen LogP contribution < -0.4 is 5.73 Å². The van der Waals surface area contributed by atoms with Crippen LogP contribution in [-0.2, 0) is 10.2 Å². The first-order chi connectivity index (χ1) is 10.2. The number of ether oxygens (including phenoxy) is 1. The number of fused-ring (bicyclic) bond motifs is 1. The number of pyridine rings is 1. The van der Waals surface area contributed by atoms with Crippen LogP contribution >= 0.6 is 11.3 Å². The first-order valence-electron chi connectivity index (χ1n) is 6.65. The fraction of sp³-hybridized carbons (Fsp3) is 0.385. The van der Waals surface area contributed by atoms with Gasteiger partial charge in [-0.1, -0.05) is 11.3 Å². The topological polar surface area (TPSA) is 91.2 Å². The van der Waals surface area contributed by atoms with Crippen LogP contribution in [-0.4, -0.2) is 44.1 Å². The van der Waals surface area contributed by atoms with Crippen molar-refractivity contribution < 1.29 is 4.74 Å². The quantitative estimate of drug-likeness (QED) is 0.755. The van der Waals surface area contributed by atoms with Crippen molar-refractivity contribution in [1.82, 2.24) is 24.8 Å². The Balaban J connectivity index is 1.83. The predicted molar refractivity (Wildman–Crippen MR) is 78.0 cm³/mol. The lowest BCUT2D eigenvalue weighted by atomic mass is 9.87. The minimum atomic E-state index is -0.266. The van der Waals surface area contributed by atoms with Crippen LogP contribution in [0.1, 0.15) is 11.9 Å². The molecule has 2 N–H and O–H groups in total. The summed E-state index contributed by atoms with van der Waals surface area (Å²) in [6.45, 7) is 3.23. The van der Waals surface area contributed by atoms with E-state index in [2.05, 4.69) is 27.2 Å². The molecular weight excluding hydrogens is 288 g/mol. The third-order valence-electron chi connectivity index (χ3n) is 3.92. The maximum absolute atomic E-state index is 6.17. The van der Waals surface area contributed by atoms with Crippen molar-refractivity contribution in [2.24, 2.45) is 5.73 Å². The second-order valence-electron chi connectivity index (χ2n) is 5.41. The molecule has 0 aromatic carbocycles. The number of hydrogen-bond donors (Lipinski definition) is 1. The summed E-state index contributed by atoms with van der Waals surface area (Å²) in [6, 6.07) is 3.75. The molecule has 3 aromatic heterocycles. The number of aromatic nitrogens is 5. The molecule has 0 saturated carbocycles. The lowest BCUT2D eigenvalue weighted by molar-refractivity contribution is 0.179. The molecular formula is C13H14N6OS. The van der Waals surface area contributed by atoms with E-state index in [-0.39, 0.29) is 11.5 Å². The fourth-order valence-corrected chi connectivity index (χ4v) is 3.47. The van der Waals surface area contributed by atoms with Gasteiger partial charge in [0, 0.05) is 24.0 Å². The summed E-state index contributed by atoms with van der Waals surface area (Å²) in [7, 11) is 0. The average Bonchev–Trinajstić information content (AvgIpc) is 3.15. The minimum absolute atomic E-state index is 0.0526. The van der Waals surface area contributed by atoms with Gasteiger partial charge in [0.05, 0.1) is 18.6 Å². The van der Waals surface area contributed by atoms with Crippen molar-refractivity contribution in [1.29, 1.82) is 0 Å². The maximum Gasteiger partial charge on any atom is 0.234 e. The van der Waals surface area contributed by atoms with Gasteiger partial charge in [-0.15, -0.1) is 10.2 Å². The molecule has 0 amide bonds. The fourth-order valence-electron chi connectivity index (χ4n) is 2.43. The SMILES string of the molecule is CC1(c2nn3c(-c4cccnc4)nnc3s2)COCC1N. The molecule has 0 bridgehead atoms. The summed E-state index contributed by atoms with van der Waals surface area (Å²) in [4.78, 5) is 4.87. The van der Waals surface area contributed by atoms with Crippen LogP contribution in [0.15, 0.2) is 24.5 Å². The zero-order chi connectivity index (χ0) is 14.4. The monoisotopic (exact) mass is 302 g/mol. The van der Waals surface area contributed by atoms with Gasteiger partial charge in [0.1, 0.15) is 5.01 Å². The molecule has 2 atom stereocenters. The first-order valence-corrected chi connectivity index (χ1v) is 7.46. The van der Waals surface area contributed by atoms with Crippen LogP contribution in [0, 0.1) is 0 Å². The van der Waals surface area contributed by atoms with Crippen LogP contribution in [0.3, 0.4) is 0 Å². The van der Waals surface area contributed by atoms with E-state index in [0.717, 1.165) is 15.5 Å². The molecule has 1 saturated heterocycles. The van der Waals surface area contributed by atoms with Crippen molar-refractivity contribution in [2.75, 3.05) is 13.2 Å². The molecule has 1 fully saturated rings. The molecule has 8 heteroatoms. The normalized spacial score (nSPS) is 25.7. The molecule has 1 aliphatic heterocycles. The lowest BCUT2D eigenvalue weighted by Gasteiger charge is -2.23. The third kappa shape index (κ3) is 1.87. The van der Waals surface area contributed by atoms with Crippen molar-refractivity contribution in [3.05, 3.63) is 29.5 Å². The smallest absolute Gasteiger partial charge is 0.234 e. The van der Waals surface area contributed by atoms with Crippen molar-refractivity contribution in [3.63, 3.8) is 0 Å². The number of hydrogen-bond acceptors (Lipinski definition) is 7. The van der Waals surface area contributed by atoms with Gasteiger partial charge < -0.3 is 10.5 Å². The molecule has 3 aromatic rings. The van der Waals surface area contributed by atoms with Gasteiger partial charge in [-0.25, -0.2) is 0 Å². The summed E-state index contributed by atoms with van der Waals surface area (Å²) in [6.07, 6.45) is 3.48. The van der Waals surface area contributed by atoms with Crippen molar-refractivity contribution in [2.45, 2.75) is 18.4 Å². The first kappa shape index (κ1) is 12.8. The Morgan fingerprint density at radius 3 is 3.10 bits per heavy atom. The standard InChI is InChI=1S/C13H14N6OS/c1-13(7-20-6-9(13)14)11-18-19-10(16-17-12(19)21-11)8-3-2-4-15-5-8/h2-5,9H,6-7,14H2,1H3. The van der Waals surface area contributed by atoms with E-state index in [1.165, 1.54) is 11.3 Å². The molecule has 0 aliphatic carbocycles. The molecule has 4 heterocycles. The Labute approximate surface area is 124 Å². The summed E-state index contributed by atoms with van der Waals surface area (Å²) in [5, 5.41) is 14.0. The number of nitrogens with zero attached hydrogens (tertiary/aromatic N) is 5. The zero-order valence-corrected chi connectivity index (χ0v) is 12.2. The number of nitrogens with two attached hydrogens (primary N) is 1. The van der Waals surface area contributed by atoms with E-state index >= 15 is 0 Å². The minimum Gasteiger partial charge on any atom is -0.379 e. The molecule has 4 rings (SSSR count). The highest BCUT2D eigenvalue weighted by Gasteiger charge is 2.42. The molecule has 1 aliphatic rings. The van der Waals surface area contributed by atoms with Gasteiger partial charge >= 0.3 is 0 Å². The second kappa shape index (κ2) is 4.55. The zero-order valence-electron chi connectivity index (χ0n) is 11.4. The highest BCUT2D eigenvalue weighted by atomic mass is 32.1. The average molecular weight is 302 g/mol. The molecule has 0 radical (unpaired) electrons. The Morgan fingerprint density at radius 1 is 1.48 bits per heavy atom. The van der Waals surface area contributed by atoms with Crippen LogP contribution in [0.25, 0.3) is 16.3 Å². The van der Waals surface area contributed by atoms with E-state index in [1.54, 1.807) is 16.9 Å². The van der Waals surface area contributed by atoms with Gasteiger partial charge in [-0.3, -0.25) is 4.98 Å². The Hall–Kier alpha value is -1.90. The van der Waals surface area contributed by atoms with E-state index < -0.39 is 0 Å². The van der Waals surface area contributed by atoms with Gasteiger partial charge in [-0.05, 0) is 19.1 Å². The predicted octanol–water partition coefficient (Wildman–Crippen LogP) is 0.863. The largest absolute Gasteiger partial charge is 0.379 e. The molecule has 21 heavy (non-hydrogen) atoms. The van der Waals surface area contributed by atoms with Gasteiger partial charge in [0.15, 0.2) is 5.82 Å². The van der Waals surface area contributed by atoms with Crippen molar-refractivity contribution in [3.8, 4) is 11.4 Å². The summed E-state index contributed by atoms with van der Waals surface area (Å²) in [5.41, 5.74) is 6.79. The second-order valence-corrected chi connectivity index (χ2v) is 6.36. The van der Waals surface area contributed by atoms with Gasteiger partial charge in [0.2, 0.25) is 4.96 Å². The number of rotatable bonds is 2. The van der Waals surface area contributed by atoms with E-state index in [9.17, 15) is 0 Å². The van der Waals surface area contributed by atoms with Crippen molar-refractivity contribution >= 4 is 16.3 Å². The van der Waals surface area contributed by atoms with Crippen LogP contribution in [0.5, 0.6) is 0 Å². The Morgan fingerprint density at radius 2 is 2.38 bits per heavy atom. The lowest BCUT2D eigenvalue weighted by Crippen LogP contribution is -2.41. The molecule has 0 spiro atoms. The molecule has 2 unspecified atom stereocenters. The van der Waals surface area contributed by atoms with E-state index in [1.807, 2.05) is 12.1 Å². The molecule has 108 valence electrons. The van der Waals surface area contributed by atoms with Gasteiger partial charge in [0.25, 0.3) is 0 Å². The summed E-state index contributed by atoms with van der Waals surface area (Å²) in [5.74, 6) is 0.691. The van der Waals surface area contributed by atoms with E-state index in [4.69, 9.17) is 10.5 Å². The van der Waals surface area contributed by atoms with Crippen LogP contribution in [0.2, 0.25) is 0 Å². The van der Waals surface area contributed by atoms with Gasteiger partial charge in [-0.2, -0.15) is 9.61 Å².